The molecule has 0 spiro atoms. The number of anilines is 1. The van der Waals surface area contributed by atoms with Crippen molar-refractivity contribution in [1.82, 2.24) is 20.6 Å². The Balaban J connectivity index is 1.25. The van der Waals surface area contributed by atoms with Crippen LogP contribution in [-0.4, -0.2) is 78.7 Å². The van der Waals surface area contributed by atoms with Crippen molar-refractivity contribution in [3.63, 3.8) is 0 Å². The number of rotatable bonds is 8. The Kier molecular flexibility index (Phi) is 6.98. The summed E-state index contributed by atoms with van der Waals surface area (Å²) in [6.45, 7) is 1.06. The highest BCUT2D eigenvalue weighted by Gasteiger charge is 2.34. The Labute approximate surface area is 216 Å². The summed E-state index contributed by atoms with van der Waals surface area (Å²) in [4.78, 5) is 47.0. The van der Waals surface area contributed by atoms with E-state index in [2.05, 4.69) is 20.6 Å². The van der Waals surface area contributed by atoms with E-state index in [1.165, 1.54) is 12.0 Å². The number of hydrogen-bond donors (Lipinski definition) is 3. The average molecular weight is 524 g/mol. The minimum absolute atomic E-state index is 0.00735. The molecule has 3 amide bonds. The summed E-state index contributed by atoms with van der Waals surface area (Å²) >= 11 is 0. The zero-order valence-electron chi connectivity index (χ0n) is 20.4. The zero-order chi connectivity index (χ0) is 26.6. The van der Waals surface area contributed by atoms with Crippen molar-refractivity contribution in [2.24, 2.45) is 0 Å². The summed E-state index contributed by atoms with van der Waals surface area (Å²) in [6, 6.07) is 9.08. The van der Waals surface area contributed by atoms with Crippen LogP contribution in [0.3, 0.4) is 0 Å². The van der Waals surface area contributed by atoms with Crippen molar-refractivity contribution in [3.8, 4) is 17.4 Å². The largest absolute Gasteiger partial charge is 0.486 e. The van der Waals surface area contributed by atoms with E-state index in [0.717, 1.165) is 0 Å². The second kappa shape index (κ2) is 10.7. The molecular formula is C25H25N5O8. The number of cyclic esters (lactones) is 1. The molecule has 4 heterocycles. The molecule has 13 nitrogen and oxygen atoms in total. The predicted octanol–water partition coefficient (Wildman–Crippen LogP) is 1.73. The Morgan fingerprint density at radius 2 is 2.00 bits per heavy atom. The number of hydrogen-bond acceptors (Lipinski definition) is 9. The number of ether oxygens (including phenoxy) is 4. The van der Waals surface area contributed by atoms with Gasteiger partial charge in [-0.25, -0.2) is 14.6 Å². The topological polar surface area (TPSA) is 161 Å². The smallest absolute Gasteiger partial charge is 0.414 e. The molecule has 2 aliphatic rings. The fraction of sp³-hybridized carbons (Fsp3) is 0.320. The predicted molar refractivity (Wildman–Crippen MR) is 133 cm³/mol. The summed E-state index contributed by atoms with van der Waals surface area (Å²) in [5, 5.41) is 14.3. The molecule has 0 aliphatic carbocycles. The van der Waals surface area contributed by atoms with E-state index < -0.39 is 30.2 Å². The molecule has 3 N–H and O–H groups in total. The first kappa shape index (κ1) is 24.9. The van der Waals surface area contributed by atoms with Crippen LogP contribution < -0.4 is 29.7 Å². The lowest BCUT2D eigenvalue weighted by Gasteiger charge is -2.21. The number of amides is 3. The first-order valence-electron chi connectivity index (χ1n) is 11.8. The van der Waals surface area contributed by atoms with Crippen molar-refractivity contribution in [3.05, 3.63) is 48.2 Å². The van der Waals surface area contributed by atoms with Crippen molar-refractivity contribution >= 4 is 34.8 Å². The van der Waals surface area contributed by atoms with Gasteiger partial charge in [-0.3, -0.25) is 14.7 Å². The molecule has 0 bridgehead atoms. The highest BCUT2D eigenvalue weighted by Crippen LogP contribution is 2.35. The molecular weight excluding hydrogens is 498 g/mol. The SMILES string of the molecule is COc1ccc2nccc(CC(NC(=O)O)C(=O)NC[C@@H]3CN(c4ccc5c(c4)OCCO5)C(=O)O3)c2n1. The fourth-order valence-electron chi connectivity index (χ4n) is 4.29. The molecule has 198 valence electrons. The second-order valence-corrected chi connectivity index (χ2v) is 8.59. The lowest BCUT2D eigenvalue weighted by molar-refractivity contribution is -0.123. The minimum atomic E-state index is -1.36. The number of aromatic nitrogens is 2. The molecule has 1 unspecified atom stereocenters. The van der Waals surface area contributed by atoms with Gasteiger partial charge in [0.15, 0.2) is 11.5 Å². The summed E-state index contributed by atoms with van der Waals surface area (Å²) in [5.74, 6) is 0.930. The lowest BCUT2D eigenvalue weighted by atomic mass is 10.0. The molecule has 0 saturated carbocycles. The molecule has 2 aromatic heterocycles. The molecule has 13 heteroatoms. The summed E-state index contributed by atoms with van der Waals surface area (Å²) in [6.07, 6.45) is -0.981. The number of nitrogens with one attached hydrogen (secondary N) is 2. The number of fused-ring (bicyclic) bond motifs is 2. The maximum absolute atomic E-state index is 13.0. The van der Waals surface area contributed by atoms with Gasteiger partial charge in [0.2, 0.25) is 11.8 Å². The summed E-state index contributed by atoms with van der Waals surface area (Å²) in [7, 11) is 1.48. The van der Waals surface area contributed by atoms with E-state index in [0.29, 0.717) is 52.9 Å². The highest BCUT2D eigenvalue weighted by atomic mass is 16.6. The number of methoxy groups -OCH3 is 1. The van der Waals surface area contributed by atoms with Crippen LogP contribution in [0.25, 0.3) is 11.0 Å². The van der Waals surface area contributed by atoms with Gasteiger partial charge in [-0.1, -0.05) is 0 Å². The van der Waals surface area contributed by atoms with Crippen molar-refractivity contribution in [2.45, 2.75) is 18.6 Å². The van der Waals surface area contributed by atoms with E-state index in [-0.39, 0.29) is 19.5 Å². The van der Waals surface area contributed by atoms with Crippen LogP contribution in [0.2, 0.25) is 0 Å². The van der Waals surface area contributed by atoms with Gasteiger partial charge in [-0.05, 0) is 29.8 Å². The van der Waals surface area contributed by atoms with Crippen molar-refractivity contribution < 1.29 is 38.4 Å². The average Bonchev–Trinajstić information content (AvgIpc) is 3.31. The Bertz CT molecular complexity index is 1380. The lowest BCUT2D eigenvalue weighted by Crippen LogP contribution is -2.49. The number of carboxylic acid groups (broad SMARTS) is 1. The number of pyridine rings is 2. The van der Waals surface area contributed by atoms with E-state index >= 15 is 0 Å². The van der Waals surface area contributed by atoms with Crippen LogP contribution in [-0.2, 0) is 16.0 Å². The summed E-state index contributed by atoms with van der Waals surface area (Å²) in [5.41, 5.74) is 2.26. The summed E-state index contributed by atoms with van der Waals surface area (Å²) < 4.78 is 21.7. The van der Waals surface area contributed by atoms with Gasteiger partial charge < -0.3 is 34.7 Å². The number of benzene rings is 1. The first-order chi connectivity index (χ1) is 18.4. The molecule has 5 rings (SSSR count). The van der Waals surface area contributed by atoms with E-state index in [1.807, 2.05) is 0 Å². The van der Waals surface area contributed by atoms with E-state index in [9.17, 15) is 19.5 Å². The van der Waals surface area contributed by atoms with Crippen LogP contribution in [0.4, 0.5) is 15.3 Å². The third-order valence-electron chi connectivity index (χ3n) is 6.10. The van der Waals surface area contributed by atoms with Crippen LogP contribution in [0.5, 0.6) is 17.4 Å². The van der Waals surface area contributed by atoms with Gasteiger partial charge in [0, 0.05) is 24.8 Å². The molecule has 2 atom stereocenters. The van der Waals surface area contributed by atoms with E-state index in [4.69, 9.17) is 18.9 Å². The number of carbonyl (C=O) groups excluding carboxylic acids is 2. The van der Waals surface area contributed by atoms with Crippen LogP contribution >= 0.6 is 0 Å². The second-order valence-electron chi connectivity index (χ2n) is 8.59. The zero-order valence-corrected chi connectivity index (χ0v) is 20.4. The molecule has 38 heavy (non-hydrogen) atoms. The molecule has 1 aromatic carbocycles. The monoisotopic (exact) mass is 523 g/mol. The highest BCUT2D eigenvalue weighted by molar-refractivity contribution is 5.91. The quantitative estimate of drug-likeness (QED) is 0.396. The Hall–Kier alpha value is -4.81. The maximum Gasteiger partial charge on any atom is 0.414 e. The molecule has 1 fully saturated rings. The standard InChI is InChI=1S/C25H25N5O8/c1-35-21-5-3-17-22(29-21)14(6-7-26-17)10-18(28-24(32)33)23(31)27-12-16-13-30(25(34)38-16)15-2-4-19-20(11-15)37-9-8-36-19/h2-7,11,16,18,28H,8-10,12-13H2,1H3,(H,27,31)(H,32,33)/t16-,18?/m1/s1. The third kappa shape index (κ3) is 5.31. The maximum atomic E-state index is 13.0. The van der Waals surface area contributed by atoms with Gasteiger partial charge in [0.05, 0.1) is 36.9 Å². The normalized spacial score (nSPS) is 17.0. The molecule has 3 aromatic rings. The Morgan fingerprint density at radius 3 is 2.79 bits per heavy atom. The number of nitrogens with zero attached hydrogens (tertiary/aromatic N) is 3. The van der Waals surface area contributed by atoms with Crippen molar-refractivity contribution in [2.75, 3.05) is 38.3 Å². The van der Waals surface area contributed by atoms with Crippen LogP contribution in [0.15, 0.2) is 42.6 Å². The molecule has 2 aliphatic heterocycles. The molecule has 1 saturated heterocycles. The van der Waals surface area contributed by atoms with Gasteiger partial charge in [0.25, 0.3) is 0 Å². The van der Waals surface area contributed by atoms with Gasteiger partial charge in [-0.15, -0.1) is 0 Å². The fourth-order valence-corrected chi connectivity index (χ4v) is 4.29. The first-order valence-corrected chi connectivity index (χ1v) is 11.8. The van der Waals surface area contributed by atoms with Gasteiger partial charge >= 0.3 is 12.2 Å². The van der Waals surface area contributed by atoms with Gasteiger partial charge in [0.1, 0.15) is 25.4 Å². The van der Waals surface area contributed by atoms with E-state index in [1.54, 1.807) is 42.6 Å². The minimum Gasteiger partial charge on any atom is -0.486 e. The Morgan fingerprint density at radius 1 is 1.18 bits per heavy atom. The van der Waals surface area contributed by atoms with Crippen LogP contribution in [0, 0.1) is 0 Å². The van der Waals surface area contributed by atoms with Crippen molar-refractivity contribution in [1.29, 1.82) is 0 Å². The van der Waals surface area contributed by atoms with Gasteiger partial charge in [-0.2, -0.15) is 0 Å². The third-order valence-corrected chi connectivity index (χ3v) is 6.10. The number of carbonyl (C=O) groups is 3. The van der Waals surface area contributed by atoms with Crippen LogP contribution in [0.1, 0.15) is 5.56 Å². The molecule has 0 radical (unpaired) electrons.